The van der Waals surface area contributed by atoms with Crippen molar-refractivity contribution in [1.82, 2.24) is 0 Å². The molecule has 0 unspecified atom stereocenters. The van der Waals surface area contributed by atoms with Crippen LogP contribution >= 0.6 is 0 Å². The molecule has 0 saturated heterocycles. The molecule has 0 aliphatic carbocycles. The zero-order valence-corrected chi connectivity index (χ0v) is 18.7. The molecule has 0 aliphatic heterocycles. The van der Waals surface area contributed by atoms with Crippen molar-refractivity contribution in [3.8, 4) is 11.5 Å². The SMILES string of the molecule is CC/C=C\CCc1cccc(C(=O)O)c1O.CCCCC=COc1ccccc1C(=O)O. The molecule has 172 valence electrons. The molecule has 0 aromatic heterocycles. The van der Waals surface area contributed by atoms with E-state index in [0.717, 1.165) is 32.1 Å². The van der Waals surface area contributed by atoms with E-state index in [0.29, 0.717) is 17.7 Å². The topological polar surface area (TPSA) is 104 Å². The first-order valence-corrected chi connectivity index (χ1v) is 10.7. The Morgan fingerprint density at radius 3 is 2.22 bits per heavy atom. The molecule has 0 aliphatic rings. The second kappa shape index (κ2) is 15.3. The lowest BCUT2D eigenvalue weighted by Gasteiger charge is -2.05. The molecule has 0 heterocycles. The number of hydrogen-bond donors (Lipinski definition) is 3. The number of benzene rings is 2. The Hall–Kier alpha value is -3.54. The molecular formula is C26H32O6. The maximum absolute atomic E-state index is 10.9. The van der Waals surface area contributed by atoms with Gasteiger partial charge in [0.25, 0.3) is 0 Å². The summed E-state index contributed by atoms with van der Waals surface area (Å²) in [5, 5.41) is 27.4. The molecule has 0 fully saturated rings. The van der Waals surface area contributed by atoms with E-state index in [-0.39, 0.29) is 16.9 Å². The average Bonchev–Trinajstić information content (AvgIpc) is 2.78. The van der Waals surface area contributed by atoms with Gasteiger partial charge < -0.3 is 20.1 Å². The van der Waals surface area contributed by atoms with Gasteiger partial charge in [-0.3, -0.25) is 0 Å². The molecule has 6 heteroatoms. The highest BCUT2D eigenvalue weighted by molar-refractivity contribution is 5.91. The summed E-state index contributed by atoms with van der Waals surface area (Å²) in [5.41, 5.74) is 0.834. The van der Waals surface area contributed by atoms with Gasteiger partial charge in [-0.05, 0) is 61.9 Å². The predicted molar refractivity (Wildman–Crippen MR) is 126 cm³/mol. The zero-order chi connectivity index (χ0) is 23.8. The fraction of sp³-hybridized carbons (Fsp3) is 0.308. The monoisotopic (exact) mass is 440 g/mol. The van der Waals surface area contributed by atoms with Crippen LogP contribution in [-0.2, 0) is 6.42 Å². The molecule has 6 nitrogen and oxygen atoms in total. The third kappa shape index (κ3) is 9.51. The summed E-state index contributed by atoms with van der Waals surface area (Å²) >= 11 is 0. The molecule has 0 atom stereocenters. The van der Waals surface area contributed by atoms with Crippen LogP contribution in [0.4, 0.5) is 0 Å². The Morgan fingerprint density at radius 2 is 1.56 bits per heavy atom. The minimum absolute atomic E-state index is 0.0306. The molecular weight excluding hydrogens is 408 g/mol. The molecule has 2 rings (SSSR count). The highest BCUT2D eigenvalue weighted by Gasteiger charge is 2.12. The molecule has 0 saturated carbocycles. The van der Waals surface area contributed by atoms with E-state index in [4.69, 9.17) is 14.9 Å². The van der Waals surface area contributed by atoms with Crippen LogP contribution in [0.1, 0.15) is 72.2 Å². The number of carboxylic acids is 2. The molecule has 32 heavy (non-hydrogen) atoms. The van der Waals surface area contributed by atoms with Gasteiger partial charge in [0, 0.05) is 0 Å². The van der Waals surface area contributed by atoms with Crippen molar-refractivity contribution in [1.29, 1.82) is 0 Å². The van der Waals surface area contributed by atoms with Gasteiger partial charge in [0.2, 0.25) is 0 Å². The first-order chi connectivity index (χ1) is 15.4. The van der Waals surface area contributed by atoms with Crippen molar-refractivity contribution in [3.63, 3.8) is 0 Å². The lowest BCUT2D eigenvalue weighted by Crippen LogP contribution is -1.99. The Morgan fingerprint density at radius 1 is 0.875 bits per heavy atom. The van der Waals surface area contributed by atoms with E-state index < -0.39 is 11.9 Å². The van der Waals surface area contributed by atoms with Crippen LogP contribution in [0.25, 0.3) is 0 Å². The van der Waals surface area contributed by atoms with E-state index in [1.165, 1.54) is 12.1 Å². The van der Waals surface area contributed by atoms with Gasteiger partial charge in [-0.15, -0.1) is 0 Å². The van der Waals surface area contributed by atoms with Crippen molar-refractivity contribution in [2.75, 3.05) is 0 Å². The van der Waals surface area contributed by atoms with E-state index in [1.54, 1.807) is 36.6 Å². The lowest BCUT2D eigenvalue weighted by molar-refractivity contribution is 0.0682. The highest BCUT2D eigenvalue weighted by Crippen LogP contribution is 2.23. The van der Waals surface area contributed by atoms with Crippen molar-refractivity contribution in [3.05, 3.63) is 83.6 Å². The predicted octanol–water partition coefficient (Wildman–Crippen LogP) is 6.46. The molecule has 3 N–H and O–H groups in total. The third-order valence-corrected chi connectivity index (χ3v) is 4.47. The fourth-order valence-corrected chi connectivity index (χ4v) is 2.75. The van der Waals surface area contributed by atoms with E-state index in [2.05, 4.69) is 19.9 Å². The largest absolute Gasteiger partial charge is 0.507 e. The van der Waals surface area contributed by atoms with Gasteiger partial charge >= 0.3 is 11.9 Å². The minimum Gasteiger partial charge on any atom is -0.507 e. The van der Waals surface area contributed by atoms with Gasteiger partial charge in [-0.1, -0.05) is 56.7 Å². The highest BCUT2D eigenvalue weighted by atomic mass is 16.5. The van der Waals surface area contributed by atoms with E-state index in [1.807, 2.05) is 12.2 Å². The van der Waals surface area contributed by atoms with Crippen LogP contribution < -0.4 is 4.74 Å². The number of rotatable bonds is 11. The van der Waals surface area contributed by atoms with Gasteiger partial charge in [-0.25, -0.2) is 9.59 Å². The summed E-state index contributed by atoms with van der Waals surface area (Å²) in [7, 11) is 0. The number of ether oxygens (including phenoxy) is 1. The van der Waals surface area contributed by atoms with Crippen molar-refractivity contribution >= 4 is 11.9 Å². The number of unbranched alkanes of at least 4 members (excludes halogenated alkanes) is 2. The van der Waals surface area contributed by atoms with Gasteiger partial charge in [0.15, 0.2) is 0 Å². The number of aromatic carboxylic acids is 2. The zero-order valence-electron chi connectivity index (χ0n) is 18.7. The Labute approximate surface area is 189 Å². The second-order valence-electron chi connectivity index (χ2n) is 6.97. The summed E-state index contributed by atoms with van der Waals surface area (Å²) in [5.74, 6) is -1.80. The second-order valence-corrected chi connectivity index (χ2v) is 6.97. The van der Waals surface area contributed by atoms with Gasteiger partial charge in [0.1, 0.15) is 22.6 Å². The maximum atomic E-state index is 10.9. The summed E-state index contributed by atoms with van der Waals surface area (Å²) in [6.07, 6.45) is 13.2. The van der Waals surface area contributed by atoms with Crippen molar-refractivity contribution in [2.45, 2.75) is 52.4 Å². The molecule has 2 aromatic rings. The van der Waals surface area contributed by atoms with Crippen LogP contribution in [0.3, 0.4) is 0 Å². The first kappa shape index (κ1) is 26.5. The molecule has 0 amide bonds. The molecule has 0 radical (unpaired) electrons. The van der Waals surface area contributed by atoms with E-state index >= 15 is 0 Å². The first-order valence-electron chi connectivity index (χ1n) is 10.7. The maximum Gasteiger partial charge on any atom is 0.339 e. The third-order valence-electron chi connectivity index (χ3n) is 4.47. The van der Waals surface area contributed by atoms with Crippen molar-refractivity contribution in [2.24, 2.45) is 0 Å². The quantitative estimate of drug-likeness (QED) is 0.210. The minimum atomic E-state index is -1.09. The molecule has 0 spiro atoms. The number of para-hydroxylation sites is 2. The summed E-state index contributed by atoms with van der Waals surface area (Å²) in [4.78, 5) is 21.6. The number of aromatic hydroxyl groups is 1. The number of allylic oxidation sites excluding steroid dienone is 3. The van der Waals surface area contributed by atoms with Crippen LogP contribution in [0.15, 0.2) is 67.0 Å². The van der Waals surface area contributed by atoms with Gasteiger partial charge in [-0.2, -0.15) is 0 Å². The standard InChI is InChI=1S/2C13H16O3/c1-2-3-4-7-10-16-12-9-6-5-8-11(12)13(14)15;1-2-3-4-5-7-10-8-6-9-11(12(10)14)13(15)16/h5-10H,2-4H2,1H3,(H,14,15);3-4,6,8-9,14H,2,5,7H2,1H3,(H,15,16)/b;4-3-. The van der Waals surface area contributed by atoms with E-state index in [9.17, 15) is 14.7 Å². The van der Waals surface area contributed by atoms with Gasteiger partial charge in [0.05, 0.1) is 6.26 Å². The van der Waals surface area contributed by atoms with Crippen LogP contribution in [0.2, 0.25) is 0 Å². The average molecular weight is 441 g/mol. The Kier molecular flexibility index (Phi) is 12.7. The van der Waals surface area contributed by atoms with Crippen LogP contribution in [0, 0.1) is 0 Å². The number of phenols is 1. The summed E-state index contributed by atoms with van der Waals surface area (Å²) < 4.78 is 5.28. The number of hydrogen-bond acceptors (Lipinski definition) is 4. The van der Waals surface area contributed by atoms with Crippen molar-refractivity contribution < 1.29 is 29.6 Å². The Bertz CT molecular complexity index is 914. The number of carboxylic acid groups (broad SMARTS) is 2. The lowest BCUT2D eigenvalue weighted by atomic mass is 10.0. The Balaban J connectivity index is 0.000000320. The normalized spacial score (nSPS) is 10.7. The fourth-order valence-electron chi connectivity index (χ4n) is 2.75. The van der Waals surface area contributed by atoms with Crippen LogP contribution in [0.5, 0.6) is 11.5 Å². The summed E-state index contributed by atoms with van der Waals surface area (Å²) in [6.45, 7) is 4.17. The number of carbonyl (C=O) groups is 2. The van der Waals surface area contributed by atoms with Crippen LogP contribution in [-0.4, -0.2) is 27.3 Å². The summed E-state index contributed by atoms with van der Waals surface area (Å²) in [6, 6.07) is 11.4. The number of aryl methyl sites for hydroxylation is 1. The molecule has 2 aromatic carbocycles. The smallest absolute Gasteiger partial charge is 0.339 e. The molecule has 0 bridgehead atoms.